The van der Waals surface area contributed by atoms with Crippen molar-refractivity contribution in [2.24, 2.45) is 5.11 Å². The summed E-state index contributed by atoms with van der Waals surface area (Å²) in [4.78, 5) is 7.82. The van der Waals surface area contributed by atoms with Gasteiger partial charge in [-0.05, 0) is 59.7 Å². The van der Waals surface area contributed by atoms with E-state index >= 15 is 0 Å². The Labute approximate surface area is 140 Å². The van der Waals surface area contributed by atoms with Crippen LogP contribution in [0.2, 0.25) is 0 Å². The summed E-state index contributed by atoms with van der Waals surface area (Å²) in [7, 11) is 0. The van der Waals surface area contributed by atoms with Gasteiger partial charge in [-0.3, -0.25) is 0 Å². The minimum atomic E-state index is 0.653. The Morgan fingerprint density at radius 3 is 2.79 bits per heavy atom. The Bertz CT molecular complexity index is 997. The number of azide groups is 1. The first-order valence-corrected chi connectivity index (χ1v) is 8.09. The van der Waals surface area contributed by atoms with Crippen LogP contribution in [0.5, 0.6) is 0 Å². The number of rotatable bonds is 2. The summed E-state index contributed by atoms with van der Waals surface area (Å²) in [5.41, 5.74) is 15.0. The van der Waals surface area contributed by atoms with Crippen LogP contribution < -0.4 is 0 Å². The monoisotopic (exact) mass is 312 g/mol. The molecule has 1 aliphatic carbocycles. The standard InChI is InChI=1S/C20H16N4/c21-24-23-19-11-4-2-7-15(19)13-17-9-5-8-16-12-14-6-1-3-10-18(14)22-20(16)17/h1-4,6-7,10-13H,5,8-9H2/b17-13+. The smallest absolute Gasteiger partial charge is 0.0709 e. The molecule has 4 rings (SSSR count). The number of fused-ring (bicyclic) bond motifs is 2. The summed E-state index contributed by atoms with van der Waals surface area (Å²) in [6, 6.07) is 18.1. The van der Waals surface area contributed by atoms with Gasteiger partial charge in [0.15, 0.2) is 0 Å². The zero-order chi connectivity index (χ0) is 16.4. The van der Waals surface area contributed by atoms with Crippen molar-refractivity contribution in [1.82, 2.24) is 4.98 Å². The highest BCUT2D eigenvalue weighted by atomic mass is 15.1. The highest BCUT2D eigenvalue weighted by Crippen LogP contribution is 2.34. The van der Waals surface area contributed by atoms with Gasteiger partial charge in [0.2, 0.25) is 0 Å². The molecule has 2 aromatic carbocycles. The molecule has 0 saturated carbocycles. The fraction of sp³-hybridized carbons (Fsp3) is 0.150. The van der Waals surface area contributed by atoms with Gasteiger partial charge < -0.3 is 0 Å². The minimum Gasteiger partial charge on any atom is -0.248 e. The van der Waals surface area contributed by atoms with Gasteiger partial charge in [-0.15, -0.1) is 0 Å². The van der Waals surface area contributed by atoms with Crippen LogP contribution in [-0.4, -0.2) is 4.98 Å². The second-order valence-corrected chi connectivity index (χ2v) is 5.96. The molecule has 0 N–H and O–H groups in total. The molecule has 4 nitrogen and oxygen atoms in total. The molecule has 0 radical (unpaired) electrons. The fourth-order valence-electron chi connectivity index (χ4n) is 3.29. The van der Waals surface area contributed by atoms with Gasteiger partial charge in [-0.1, -0.05) is 47.6 Å². The lowest BCUT2D eigenvalue weighted by molar-refractivity contribution is 0.815. The van der Waals surface area contributed by atoms with E-state index in [-0.39, 0.29) is 0 Å². The maximum atomic E-state index is 8.75. The van der Waals surface area contributed by atoms with Crippen LogP contribution in [0.4, 0.5) is 5.69 Å². The van der Waals surface area contributed by atoms with E-state index in [4.69, 9.17) is 10.5 Å². The Hall–Kier alpha value is -3.10. The number of pyridine rings is 1. The number of aryl methyl sites for hydroxylation is 1. The molecule has 0 spiro atoms. The molecule has 0 atom stereocenters. The number of para-hydroxylation sites is 1. The molecule has 3 aromatic rings. The summed E-state index contributed by atoms with van der Waals surface area (Å²) in [5.74, 6) is 0. The first kappa shape index (κ1) is 14.5. The number of hydrogen-bond acceptors (Lipinski definition) is 2. The van der Waals surface area contributed by atoms with Crippen molar-refractivity contribution in [3.8, 4) is 0 Å². The average molecular weight is 312 g/mol. The number of allylic oxidation sites excluding steroid dienone is 1. The number of benzene rings is 2. The molecule has 116 valence electrons. The summed E-state index contributed by atoms with van der Waals surface area (Å²) in [5, 5.41) is 4.98. The summed E-state index contributed by atoms with van der Waals surface area (Å²) >= 11 is 0. The van der Waals surface area contributed by atoms with Crippen LogP contribution in [0.25, 0.3) is 33.0 Å². The molecular formula is C20H16N4. The quantitative estimate of drug-likeness (QED) is 0.322. The van der Waals surface area contributed by atoms with Crippen molar-refractivity contribution in [2.75, 3.05) is 0 Å². The van der Waals surface area contributed by atoms with Gasteiger partial charge in [0.25, 0.3) is 0 Å². The lowest BCUT2D eigenvalue weighted by atomic mass is 9.89. The third-order valence-corrected chi connectivity index (χ3v) is 4.42. The van der Waals surface area contributed by atoms with Crippen molar-refractivity contribution in [1.29, 1.82) is 0 Å². The highest BCUT2D eigenvalue weighted by Gasteiger charge is 2.17. The van der Waals surface area contributed by atoms with E-state index in [1.807, 2.05) is 36.4 Å². The Morgan fingerprint density at radius 1 is 1.04 bits per heavy atom. The molecule has 1 aliphatic rings. The predicted octanol–water partition coefficient (Wildman–Crippen LogP) is 6.05. The summed E-state index contributed by atoms with van der Waals surface area (Å²) < 4.78 is 0. The first-order chi connectivity index (χ1) is 11.8. The third kappa shape index (κ3) is 2.64. The summed E-state index contributed by atoms with van der Waals surface area (Å²) in [6.07, 6.45) is 5.28. The second kappa shape index (κ2) is 6.19. The maximum absolute atomic E-state index is 8.75. The van der Waals surface area contributed by atoms with E-state index in [2.05, 4.69) is 34.3 Å². The zero-order valence-corrected chi connectivity index (χ0v) is 13.2. The molecule has 4 heteroatoms. The highest BCUT2D eigenvalue weighted by molar-refractivity contribution is 5.89. The Balaban J connectivity index is 1.87. The van der Waals surface area contributed by atoms with E-state index < -0.39 is 0 Å². The third-order valence-electron chi connectivity index (χ3n) is 4.42. The van der Waals surface area contributed by atoms with Crippen LogP contribution in [0.3, 0.4) is 0 Å². The Kier molecular flexibility index (Phi) is 3.73. The molecule has 0 amide bonds. The van der Waals surface area contributed by atoms with Gasteiger partial charge in [-0.25, -0.2) is 4.98 Å². The van der Waals surface area contributed by atoms with Crippen LogP contribution in [0.1, 0.15) is 29.7 Å². The van der Waals surface area contributed by atoms with Gasteiger partial charge >= 0.3 is 0 Å². The van der Waals surface area contributed by atoms with Gasteiger partial charge in [-0.2, -0.15) is 0 Å². The van der Waals surface area contributed by atoms with Crippen molar-refractivity contribution < 1.29 is 0 Å². The van der Waals surface area contributed by atoms with Crippen molar-refractivity contribution >= 4 is 28.2 Å². The van der Waals surface area contributed by atoms with Crippen molar-refractivity contribution in [3.63, 3.8) is 0 Å². The molecule has 1 heterocycles. The van der Waals surface area contributed by atoms with Gasteiger partial charge in [0.1, 0.15) is 0 Å². The Morgan fingerprint density at radius 2 is 1.88 bits per heavy atom. The van der Waals surface area contributed by atoms with Gasteiger partial charge in [0, 0.05) is 16.0 Å². The second-order valence-electron chi connectivity index (χ2n) is 5.96. The fourth-order valence-corrected chi connectivity index (χ4v) is 3.29. The minimum absolute atomic E-state index is 0.653. The number of nitrogens with zero attached hydrogens (tertiary/aromatic N) is 4. The first-order valence-electron chi connectivity index (χ1n) is 8.09. The average Bonchev–Trinajstić information content (AvgIpc) is 2.62. The van der Waals surface area contributed by atoms with E-state index in [1.165, 1.54) is 16.5 Å². The predicted molar refractivity (Wildman–Crippen MR) is 97.8 cm³/mol. The van der Waals surface area contributed by atoms with Crippen LogP contribution in [0.15, 0.2) is 59.7 Å². The molecule has 0 unspecified atom stereocenters. The maximum Gasteiger partial charge on any atom is 0.0709 e. The van der Waals surface area contributed by atoms with E-state index in [0.717, 1.165) is 36.0 Å². The number of aromatic nitrogens is 1. The molecule has 0 aliphatic heterocycles. The molecule has 0 saturated heterocycles. The molecule has 0 fully saturated rings. The van der Waals surface area contributed by atoms with Crippen LogP contribution >= 0.6 is 0 Å². The van der Waals surface area contributed by atoms with E-state index in [1.54, 1.807) is 0 Å². The van der Waals surface area contributed by atoms with Crippen molar-refractivity contribution in [2.45, 2.75) is 19.3 Å². The van der Waals surface area contributed by atoms with Crippen LogP contribution in [-0.2, 0) is 6.42 Å². The molecule has 0 bridgehead atoms. The van der Waals surface area contributed by atoms with Crippen molar-refractivity contribution in [3.05, 3.63) is 81.9 Å². The molecule has 1 aromatic heterocycles. The SMILES string of the molecule is [N-]=[N+]=Nc1ccccc1/C=C1\CCCc2cc3ccccc3nc21. The molecular weight excluding hydrogens is 296 g/mol. The van der Waals surface area contributed by atoms with E-state index in [9.17, 15) is 0 Å². The van der Waals surface area contributed by atoms with Gasteiger partial charge in [0.05, 0.1) is 11.2 Å². The molecule has 24 heavy (non-hydrogen) atoms. The largest absolute Gasteiger partial charge is 0.248 e. The topological polar surface area (TPSA) is 61.7 Å². The summed E-state index contributed by atoms with van der Waals surface area (Å²) in [6.45, 7) is 0. The normalized spacial score (nSPS) is 15.1. The number of hydrogen-bond donors (Lipinski definition) is 0. The lowest BCUT2D eigenvalue weighted by Gasteiger charge is -2.19. The zero-order valence-electron chi connectivity index (χ0n) is 13.2. The lowest BCUT2D eigenvalue weighted by Crippen LogP contribution is -2.04. The van der Waals surface area contributed by atoms with E-state index in [0.29, 0.717) is 5.69 Å². The van der Waals surface area contributed by atoms with Crippen LogP contribution in [0, 0.1) is 0 Å².